The quantitative estimate of drug-likeness (QED) is 0.694. The second-order valence-corrected chi connectivity index (χ2v) is 5.14. The number of nitrogen functional groups attached to an aromatic ring is 1. The number of anilines is 2. The van der Waals surface area contributed by atoms with Gasteiger partial charge >= 0.3 is 5.97 Å². The van der Waals surface area contributed by atoms with Crippen molar-refractivity contribution in [2.24, 2.45) is 0 Å². The Morgan fingerprint density at radius 3 is 2.64 bits per heavy atom. The highest BCUT2D eigenvalue weighted by molar-refractivity contribution is 5.95. The van der Waals surface area contributed by atoms with Gasteiger partial charge in [0.2, 0.25) is 6.23 Å². The molecule has 0 amide bonds. The van der Waals surface area contributed by atoms with Crippen molar-refractivity contribution in [3.63, 3.8) is 0 Å². The number of hydrogen-bond acceptors (Lipinski definition) is 5. The van der Waals surface area contributed by atoms with Crippen molar-refractivity contribution in [2.45, 2.75) is 13.2 Å². The number of carbonyl (C=O) groups excluding carboxylic acids is 1. The monoisotopic (exact) mass is 298 g/mol. The Morgan fingerprint density at radius 2 is 1.95 bits per heavy atom. The molecule has 2 aromatic rings. The predicted molar refractivity (Wildman–Crippen MR) is 85.0 cm³/mol. The largest absolute Gasteiger partial charge is 0.494 e. The highest BCUT2D eigenvalue weighted by Gasteiger charge is 2.34. The first-order valence-corrected chi connectivity index (χ1v) is 7.16. The van der Waals surface area contributed by atoms with Crippen LogP contribution in [0.4, 0.5) is 11.4 Å². The van der Waals surface area contributed by atoms with Gasteiger partial charge in [-0.25, -0.2) is 4.79 Å². The summed E-state index contributed by atoms with van der Waals surface area (Å²) in [6, 6.07) is 12.9. The number of carbonyl (C=O) groups is 1. The van der Waals surface area contributed by atoms with Crippen molar-refractivity contribution < 1.29 is 14.3 Å². The van der Waals surface area contributed by atoms with Gasteiger partial charge in [-0.1, -0.05) is 6.07 Å². The van der Waals surface area contributed by atoms with Gasteiger partial charge in [-0.05, 0) is 43.3 Å². The Hall–Kier alpha value is -2.69. The van der Waals surface area contributed by atoms with Crippen molar-refractivity contribution in [1.29, 1.82) is 0 Å². The Bertz CT molecular complexity index is 698. The standard InChI is InChI=1S/C17H18N2O3/c1-3-21-13-7-5-12(6-8-13)19(2)16-14-9-4-11(18)10-15(14)17(20)22-16/h4-10,16H,3,18H2,1-2H3. The fourth-order valence-electron chi connectivity index (χ4n) is 2.56. The summed E-state index contributed by atoms with van der Waals surface area (Å²) in [7, 11) is 1.89. The van der Waals surface area contributed by atoms with Crippen LogP contribution in [0.25, 0.3) is 0 Å². The molecule has 0 aromatic heterocycles. The van der Waals surface area contributed by atoms with E-state index in [0.29, 0.717) is 17.9 Å². The van der Waals surface area contributed by atoms with E-state index in [9.17, 15) is 4.79 Å². The topological polar surface area (TPSA) is 64.8 Å². The summed E-state index contributed by atoms with van der Waals surface area (Å²) < 4.78 is 10.9. The van der Waals surface area contributed by atoms with Crippen molar-refractivity contribution in [3.8, 4) is 5.75 Å². The molecular formula is C17H18N2O3. The molecule has 22 heavy (non-hydrogen) atoms. The van der Waals surface area contributed by atoms with E-state index in [2.05, 4.69) is 0 Å². The zero-order chi connectivity index (χ0) is 15.7. The molecule has 1 heterocycles. The lowest BCUT2D eigenvalue weighted by Crippen LogP contribution is -2.24. The summed E-state index contributed by atoms with van der Waals surface area (Å²) in [5.74, 6) is 0.473. The lowest BCUT2D eigenvalue weighted by Gasteiger charge is -2.26. The number of fused-ring (bicyclic) bond motifs is 1. The maximum atomic E-state index is 12.0. The number of hydrogen-bond donors (Lipinski definition) is 1. The molecule has 2 aromatic carbocycles. The van der Waals surface area contributed by atoms with Crippen LogP contribution in [0.15, 0.2) is 42.5 Å². The molecule has 1 aliphatic rings. The lowest BCUT2D eigenvalue weighted by molar-refractivity contribution is 0.0388. The molecule has 5 nitrogen and oxygen atoms in total. The molecule has 5 heteroatoms. The average molecular weight is 298 g/mol. The van der Waals surface area contributed by atoms with Crippen LogP contribution in [-0.4, -0.2) is 19.6 Å². The highest BCUT2D eigenvalue weighted by Crippen LogP contribution is 2.36. The minimum Gasteiger partial charge on any atom is -0.494 e. The third-order valence-electron chi connectivity index (χ3n) is 3.69. The van der Waals surface area contributed by atoms with Gasteiger partial charge in [0.25, 0.3) is 0 Å². The minimum atomic E-state index is -0.443. The zero-order valence-electron chi connectivity index (χ0n) is 12.6. The molecular weight excluding hydrogens is 280 g/mol. The first-order valence-electron chi connectivity index (χ1n) is 7.16. The first kappa shape index (κ1) is 14.3. The van der Waals surface area contributed by atoms with Crippen LogP contribution < -0.4 is 15.4 Å². The number of esters is 1. The molecule has 1 unspecified atom stereocenters. The second kappa shape index (κ2) is 5.60. The summed E-state index contributed by atoms with van der Waals surface area (Å²) in [5, 5.41) is 0. The van der Waals surface area contributed by atoms with E-state index in [0.717, 1.165) is 17.0 Å². The SMILES string of the molecule is CCOc1ccc(N(C)C2OC(=O)c3cc(N)ccc32)cc1. The van der Waals surface area contributed by atoms with Crippen LogP contribution in [-0.2, 0) is 4.74 Å². The van der Waals surface area contributed by atoms with E-state index in [-0.39, 0.29) is 5.97 Å². The summed E-state index contributed by atoms with van der Waals surface area (Å²) in [6.45, 7) is 2.57. The van der Waals surface area contributed by atoms with E-state index in [1.807, 2.05) is 49.2 Å². The summed E-state index contributed by atoms with van der Waals surface area (Å²) in [5.41, 5.74) is 8.59. The van der Waals surface area contributed by atoms with Crippen LogP contribution in [0, 0.1) is 0 Å². The molecule has 0 bridgehead atoms. The second-order valence-electron chi connectivity index (χ2n) is 5.14. The Balaban J connectivity index is 1.87. The van der Waals surface area contributed by atoms with Gasteiger partial charge in [0.1, 0.15) is 5.75 Å². The fourth-order valence-corrected chi connectivity index (χ4v) is 2.56. The van der Waals surface area contributed by atoms with E-state index in [1.54, 1.807) is 12.1 Å². The molecule has 2 N–H and O–H groups in total. The molecule has 0 spiro atoms. The Kier molecular flexibility index (Phi) is 3.63. The van der Waals surface area contributed by atoms with Crippen molar-refractivity contribution in [3.05, 3.63) is 53.6 Å². The molecule has 3 rings (SSSR count). The van der Waals surface area contributed by atoms with Crippen LogP contribution >= 0.6 is 0 Å². The molecule has 1 aliphatic heterocycles. The van der Waals surface area contributed by atoms with Crippen LogP contribution in [0.1, 0.15) is 29.1 Å². The highest BCUT2D eigenvalue weighted by atomic mass is 16.6. The van der Waals surface area contributed by atoms with Gasteiger partial charge < -0.3 is 20.1 Å². The number of ether oxygens (including phenoxy) is 2. The Labute approximate surface area is 129 Å². The zero-order valence-corrected chi connectivity index (χ0v) is 12.6. The smallest absolute Gasteiger partial charge is 0.340 e. The molecule has 0 aliphatic carbocycles. The normalized spacial score (nSPS) is 16.1. The van der Waals surface area contributed by atoms with Gasteiger partial charge in [0, 0.05) is 24.0 Å². The Morgan fingerprint density at radius 1 is 1.23 bits per heavy atom. The summed E-state index contributed by atoms with van der Waals surface area (Å²) in [6.07, 6.45) is -0.443. The van der Waals surface area contributed by atoms with E-state index < -0.39 is 6.23 Å². The number of benzene rings is 2. The summed E-state index contributed by atoms with van der Waals surface area (Å²) in [4.78, 5) is 13.9. The van der Waals surface area contributed by atoms with Crippen LogP contribution in [0.2, 0.25) is 0 Å². The third-order valence-corrected chi connectivity index (χ3v) is 3.69. The molecule has 114 valence electrons. The lowest BCUT2D eigenvalue weighted by atomic mass is 10.1. The number of nitrogens with zero attached hydrogens (tertiary/aromatic N) is 1. The number of cyclic esters (lactones) is 1. The van der Waals surface area contributed by atoms with Crippen LogP contribution in [0.5, 0.6) is 5.75 Å². The van der Waals surface area contributed by atoms with E-state index in [4.69, 9.17) is 15.2 Å². The maximum absolute atomic E-state index is 12.0. The average Bonchev–Trinajstić information content (AvgIpc) is 2.84. The van der Waals surface area contributed by atoms with E-state index in [1.165, 1.54) is 0 Å². The minimum absolute atomic E-state index is 0.343. The van der Waals surface area contributed by atoms with Gasteiger partial charge in [0.05, 0.1) is 12.2 Å². The fraction of sp³-hybridized carbons (Fsp3) is 0.235. The van der Waals surface area contributed by atoms with Crippen molar-refractivity contribution in [2.75, 3.05) is 24.3 Å². The van der Waals surface area contributed by atoms with E-state index >= 15 is 0 Å². The maximum Gasteiger partial charge on any atom is 0.340 e. The van der Waals surface area contributed by atoms with Gasteiger partial charge in [-0.2, -0.15) is 0 Å². The van der Waals surface area contributed by atoms with Crippen LogP contribution in [0.3, 0.4) is 0 Å². The predicted octanol–water partition coefficient (Wildman–Crippen LogP) is 2.97. The number of rotatable bonds is 4. The van der Waals surface area contributed by atoms with Gasteiger partial charge in [-0.3, -0.25) is 0 Å². The van der Waals surface area contributed by atoms with Crippen molar-refractivity contribution >= 4 is 17.3 Å². The summed E-state index contributed by atoms with van der Waals surface area (Å²) >= 11 is 0. The third kappa shape index (κ3) is 2.45. The molecule has 0 saturated heterocycles. The van der Waals surface area contributed by atoms with Gasteiger partial charge in [0.15, 0.2) is 0 Å². The van der Waals surface area contributed by atoms with Gasteiger partial charge in [-0.15, -0.1) is 0 Å². The number of nitrogens with two attached hydrogens (primary N) is 1. The molecule has 0 fully saturated rings. The van der Waals surface area contributed by atoms with Crippen molar-refractivity contribution in [1.82, 2.24) is 0 Å². The molecule has 0 saturated carbocycles. The molecule has 1 atom stereocenters. The first-order chi connectivity index (χ1) is 10.6. The molecule has 0 radical (unpaired) electrons.